The number of hydrogen-bond donors (Lipinski definition) is 5. The summed E-state index contributed by atoms with van der Waals surface area (Å²) < 4.78 is 0. The number of amides is 1. The molecule has 0 aromatic carbocycles. The highest BCUT2D eigenvalue weighted by Crippen LogP contribution is 2.31. The zero-order valence-electron chi connectivity index (χ0n) is 14.8. The van der Waals surface area contributed by atoms with E-state index in [2.05, 4.69) is 17.6 Å². The van der Waals surface area contributed by atoms with Gasteiger partial charge in [-0.2, -0.15) is 0 Å². The van der Waals surface area contributed by atoms with Gasteiger partial charge in [0.25, 0.3) is 0 Å². The number of aliphatic hydroxyl groups is 3. The normalized spacial score (nSPS) is 36.7. The molecule has 140 valence electrons. The van der Waals surface area contributed by atoms with Gasteiger partial charge in [0.05, 0.1) is 30.9 Å². The maximum atomic E-state index is 11.9. The number of unbranched alkanes of at least 4 members (excludes halogenated alkanes) is 1. The Hall–Kier alpha value is -0.690. The van der Waals surface area contributed by atoms with E-state index in [4.69, 9.17) is 5.11 Å². The topological polar surface area (TPSA) is 102 Å². The third-order valence-corrected chi connectivity index (χ3v) is 5.72. The van der Waals surface area contributed by atoms with E-state index >= 15 is 0 Å². The van der Waals surface area contributed by atoms with Crippen molar-refractivity contribution in [1.29, 1.82) is 0 Å². The van der Waals surface area contributed by atoms with Crippen LogP contribution in [0, 0.1) is 11.8 Å². The van der Waals surface area contributed by atoms with Gasteiger partial charge < -0.3 is 26.0 Å². The summed E-state index contributed by atoms with van der Waals surface area (Å²) in [6, 6.07) is -0.939. The Kier molecular flexibility index (Phi) is 7.94. The van der Waals surface area contributed by atoms with Gasteiger partial charge in [-0.1, -0.05) is 45.4 Å². The minimum absolute atomic E-state index is 0.0109. The molecule has 6 heteroatoms. The minimum Gasteiger partial charge on any atom is -0.395 e. The third kappa shape index (κ3) is 5.69. The van der Waals surface area contributed by atoms with Gasteiger partial charge >= 0.3 is 0 Å². The molecule has 24 heavy (non-hydrogen) atoms. The average Bonchev–Trinajstić information content (AvgIpc) is 2.86. The maximum absolute atomic E-state index is 11.9. The number of carbonyl (C=O) groups is 1. The molecule has 5 N–H and O–H groups in total. The number of aliphatic hydroxyl groups excluding tert-OH is 3. The first-order valence-corrected chi connectivity index (χ1v) is 9.51. The summed E-state index contributed by atoms with van der Waals surface area (Å²) in [6.07, 6.45) is 7.17. The van der Waals surface area contributed by atoms with Gasteiger partial charge in [-0.25, -0.2) is 0 Å². The summed E-state index contributed by atoms with van der Waals surface area (Å²) in [5.74, 6) is 1.72. The van der Waals surface area contributed by atoms with Crippen molar-refractivity contribution in [2.24, 2.45) is 11.8 Å². The van der Waals surface area contributed by atoms with Crippen molar-refractivity contribution < 1.29 is 20.1 Å². The fourth-order valence-electron chi connectivity index (χ4n) is 3.94. The number of rotatable bonds is 8. The number of hydrogen-bond acceptors (Lipinski definition) is 5. The summed E-state index contributed by atoms with van der Waals surface area (Å²) in [7, 11) is 0. The Labute approximate surface area is 145 Å². The van der Waals surface area contributed by atoms with Crippen molar-refractivity contribution in [3.05, 3.63) is 0 Å². The molecule has 0 aromatic rings. The van der Waals surface area contributed by atoms with Crippen LogP contribution in [-0.2, 0) is 4.79 Å². The van der Waals surface area contributed by atoms with Crippen LogP contribution in [0.3, 0.4) is 0 Å². The monoisotopic (exact) mass is 342 g/mol. The van der Waals surface area contributed by atoms with Gasteiger partial charge in [0.2, 0.25) is 5.91 Å². The Morgan fingerprint density at radius 2 is 1.75 bits per heavy atom. The van der Waals surface area contributed by atoms with Crippen molar-refractivity contribution >= 4 is 5.91 Å². The van der Waals surface area contributed by atoms with Gasteiger partial charge in [0.1, 0.15) is 0 Å². The summed E-state index contributed by atoms with van der Waals surface area (Å²) in [4.78, 5) is 11.9. The number of carbonyl (C=O) groups excluding carboxylic acids is 1. The molecule has 4 atom stereocenters. The molecule has 1 heterocycles. The molecule has 1 saturated heterocycles. The van der Waals surface area contributed by atoms with E-state index in [1.807, 2.05) is 0 Å². The Morgan fingerprint density at radius 3 is 2.38 bits per heavy atom. The first-order chi connectivity index (χ1) is 11.5. The van der Waals surface area contributed by atoms with Crippen LogP contribution in [0.1, 0.15) is 58.3 Å². The fourth-order valence-corrected chi connectivity index (χ4v) is 3.94. The first-order valence-electron chi connectivity index (χ1n) is 9.51. The largest absolute Gasteiger partial charge is 0.395 e. The molecule has 1 aliphatic carbocycles. The van der Waals surface area contributed by atoms with Gasteiger partial charge in [-0.15, -0.1) is 0 Å². The van der Waals surface area contributed by atoms with Crippen LogP contribution >= 0.6 is 0 Å². The van der Waals surface area contributed by atoms with Crippen LogP contribution in [0.15, 0.2) is 0 Å². The van der Waals surface area contributed by atoms with E-state index in [0.29, 0.717) is 6.42 Å². The molecule has 1 aliphatic heterocycles. The van der Waals surface area contributed by atoms with Gasteiger partial charge in [0, 0.05) is 13.0 Å². The summed E-state index contributed by atoms with van der Waals surface area (Å²) in [6.45, 7) is 2.37. The standard InChI is InChI=1S/C18H34N2O4/c1-12-6-8-13(9-7-12)4-2-3-5-16(22)19-10-14-17(23)18(24)15(11-21)20-14/h12-15,17-18,20-21,23-24H,2-11H2,1H3,(H,19,22)/t12?,13?,14-,15-,17-,18+/m1/s1. The second-order valence-electron chi connectivity index (χ2n) is 7.72. The lowest BCUT2D eigenvalue weighted by molar-refractivity contribution is -0.121. The molecule has 0 radical (unpaired) electrons. The summed E-state index contributed by atoms with van der Waals surface area (Å²) in [5, 5.41) is 34.4. The number of nitrogens with one attached hydrogen (secondary N) is 2. The predicted molar refractivity (Wildman–Crippen MR) is 92.4 cm³/mol. The van der Waals surface area contributed by atoms with Crippen molar-refractivity contribution in [3.63, 3.8) is 0 Å². The average molecular weight is 342 g/mol. The molecule has 2 fully saturated rings. The van der Waals surface area contributed by atoms with E-state index in [1.54, 1.807) is 0 Å². The second-order valence-corrected chi connectivity index (χ2v) is 7.72. The lowest BCUT2D eigenvalue weighted by Crippen LogP contribution is -2.44. The molecule has 0 unspecified atom stereocenters. The molecule has 2 aliphatic rings. The smallest absolute Gasteiger partial charge is 0.220 e. The Balaban J connectivity index is 1.54. The van der Waals surface area contributed by atoms with Gasteiger partial charge in [0.15, 0.2) is 0 Å². The molecule has 1 amide bonds. The molecule has 0 bridgehead atoms. The van der Waals surface area contributed by atoms with Gasteiger partial charge in [-0.05, 0) is 18.3 Å². The van der Waals surface area contributed by atoms with Crippen LogP contribution in [0.4, 0.5) is 0 Å². The highest BCUT2D eigenvalue weighted by Gasteiger charge is 2.40. The lowest BCUT2D eigenvalue weighted by Gasteiger charge is -2.26. The second kappa shape index (κ2) is 9.70. The van der Waals surface area contributed by atoms with E-state index in [-0.39, 0.29) is 19.1 Å². The molecular formula is C18H34N2O4. The molecular weight excluding hydrogens is 308 g/mol. The zero-order valence-corrected chi connectivity index (χ0v) is 14.8. The third-order valence-electron chi connectivity index (χ3n) is 5.72. The molecule has 2 rings (SSSR count). The minimum atomic E-state index is -0.991. The Morgan fingerprint density at radius 1 is 1.08 bits per heavy atom. The summed E-state index contributed by atoms with van der Waals surface area (Å²) in [5.41, 5.74) is 0. The SMILES string of the molecule is CC1CCC(CCCCC(=O)NC[C@H]2N[C@H](CO)[C@H](O)[C@@H]2O)CC1. The van der Waals surface area contributed by atoms with E-state index < -0.39 is 24.3 Å². The van der Waals surface area contributed by atoms with Crippen LogP contribution in [-0.4, -0.2) is 58.7 Å². The van der Waals surface area contributed by atoms with Crippen LogP contribution in [0.25, 0.3) is 0 Å². The van der Waals surface area contributed by atoms with E-state index in [0.717, 1.165) is 24.7 Å². The van der Waals surface area contributed by atoms with E-state index in [1.165, 1.54) is 32.1 Å². The lowest BCUT2D eigenvalue weighted by atomic mass is 9.80. The van der Waals surface area contributed by atoms with Crippen molar-refractivity contribution in [1.82, 2.24) is 10.6 Å². The molecule has 1 saturated carbocycles. The van der Waals surface area contributed by atoms with Gasteiger partial charge in [-0.3, -0.25) is 4.79 Å². The highest BCUT2D eigenvalue weighted by atomic mass is 16.3. The highest BCUT2D eigenvalue weighted by molar-refractivity contribution is 5.75. The summed E-state index contributed by atoms with van der Waals surface area (Å²) >= 11 is 0. The maximum Gasteiger partial charge on any atom is 0.220 e. The van der Waals surface area contributed by atoms with Crippen LogP contribution in [0.2, 0.25) is 0 Å². The van der Waals surface area contributed by atoms with Crippen LogP contribution in [0.5, 0.6) is 0 Å². The van der Waals surface area contributed by atoms with Crippen molar-refractivity contribution in [2.45, 2.75) is 82.6 Å². The zero-order chi connectivity index (χ0) is 17.5. The van der Waals surface area contributed by atoms with Crippen LogP contribution < -0.4 is 10.6 Å². The molecule has 0 aromatic heterocycles. The fraction of sp³-hybridized carbons (Fsp3) is 0.944. The molecule has 6 nitrogen and oxygen atoms in total. The first kappa shape index (κ1) is 19.6. The van der Waals surface area contributed by atoms with Crippen molar-refractivity contribution in [3.8, 4) is 0 Å². The predicted octanol–water partition coefficient (Wildman–Crippen LogP) is 0.544. The Bertz CT molecular complexity index is 385. The molecule has 0 spiro atoms. The quantitative estimate of drug-likeness (QED) is 0.415. The van der Waals surface area contributed by atoms with Crippen molar-refractivity contribution in [2.75, 3.05) is 13.2 Å². The van der Waals surface area contributed by atoms with E-state index in [9.17, 15) is 15.0 Å².